The number of aliphatic hydroxyl groups excluding tert-OH is 1. The number of hydrogen-bond donors (Lipinski definition) is 2. The van der Waals surface area contributed by atoms with Crippen LogP contribution >= 0.6 is 0 Å². The zero-order valence-corrected chi connectivity index (χ0v) is 9.08. The van der Waals surface area contributed by atoms with E-state index < -0.39 is 0 Å². The number of nitrogens with zero attached hydrogens (tertiary/aromatic N) is 1. The zero-order chi connectivity index (χ0) is 10.2. The fraction of sp³-hybridized carbons (Fsp3) is 1.00. The van der Waals surface area contributed by atoms with E-state index in [9.17, 15) is 5.11 Å². The van der Waals surface area contributed by atoms with Gasteiger partial charge in [-0.05, 0) is 45.1 Å². The fourth-order valence-corrected chi connectivity index (χ4v) is 2.50. The third-order valence-corrected chi connectivity index (χ3v) is 3.80. The van der Waals surface area contributed by atoms with Crippen LogP contribution in [-0.4, -0.2) is 41.8 Å². The molecule has 2 aliphatic rings. The van der Waals surface area contributed by atoms with E-state index in [-0.39, 0.29) is 12.1 Å². The van der Waals surface area contributed by atoms with Crippen molar-refractivity contribution in [2.45, 2.75) is 43.7 Å². The Balaban J connectivity index is 1.81. The van der Waals surface area contributed by atoms with E-state index >= 15 is 0 Å². The lowest BCUT2D eigenvalue weighted by atomic mass is 10.0. The fourth-order valence-electron chi connectivity index (χ4n) is 2.50. The molecular formula is C11H22N2O. The molecule has 82 valence electrons. The minimum atomic E-state index is -0.289. The van der Waals surface area contributed by atoms with Crippen molar-refractivity contribution >= 4 is 0 Å². The van der Waals surface area contributed by atoms with Gasteiger partial charge in [-0.15, -0.1) is 0 Å². The molecule has 2 atom stereocenters. The van der Waals surface area contributed by atoms with E-state index in [1.165, 1.54) is 19.4 Å². The summed E-state index contributed by atoms with van der Waals surface area (Å²) in [6.07, 6.45) is 5.91. The molecule has 3 nitrogen and oxygen atoms in total. The van der Waals surface area contributed by atoms with Crippen LogP contribution in [-0.2, 0) is 0 Å². The van der Waals surface area contributed by atoms with E-state index in [1.54, 1.807) is 0 Å². The quantitative estimate of drug-likeness (QED) is 0.694. The molecule has 3 N–H and O–H groups in total. The van der Waals surface area contributed by atoms with Crippen LogP contribution in [0.3, 0.4) is 0 Å². The molecule has 0 saturated heterocycles. The van der Waals surface area contributed by atoms with Gasteiger partial charge in [-0.3, -0.25) is 0 Å². The van der Waals surface area contributed by atoms with Crippen LogP contribution in [0.2, 0.25) is 0 Å². The Labute approximate surface area is 86.3 Å². The molecule has 2 rings (SSSR count). The predicted molar refractivity (Wildman–Crippen MR) is 57.0 cm³/mol. The van der Waals surface area contributed by atoms with E-state index in [1.807, 2.05) is 0 Å². The third kappa shape index (κ3) is 2.27. The molecule has 0 heterocycles. The van der Waals surface area contributed by atoms with Crippen molar-refractivity contribution in [1.82, 2.24) is 4.90 Å². The average Bonchev–Trinajstić information content (AvgIpc) is 2.88. The molecule has 3 heteroatoms. The summed E-state index contributed by atoms with van der Waals surface area (Å²) in [6, 6.07) is 0.604. The second-order valence-electron chi connectivity index (χ2n) is 5.30. The Morgan fingerprint density at radius 2 is 2.14 bits per heavy atom. The van der Waals surface area contributed by atoms with E-state index in [2.05, 4.69) is 11.9 Å². The normalized spacial score (nSPS) is 38.1. The second-order valence-corrected chi connectivity index (χ2v) is 5.30. The summed E-state index contributed by atoms with van der Waals surface area (Å²) in [7, 11) is 2.20. The van der Waals surface area contributed by atoms with Crippen LogP contribution in [0, 0.1) is 5.92 Å². The molecule has 2 saturated carbocycles. The average molecular weight is 198 g/mol. The van der Waals surface area contributed by atoms with Gasteiger partial charge in [0.15, 0.2) is 0 Å². The molecule has 0 bridgehead atoms. The van der Waals surface area contributed by atoms with Gasteiger partial charge < -0.3 is 15.7 Å². The van der Waals surface area contributed by atoms with E-state index in [0.717, 1.165) is 25.2 Å². The summed E-state index contributed by atoms with van der Waals surface area (Å²) in [6.45, 7) is 1.37. The van der Waals surface area contributed by atoms with Crippen LogP contribution < -0.4 is 5.73 Å². The first-order valence-corrected chi connectivity index (χ1v) is 5.73. The highest BCUT2D eigenvalue weighted by Gasteiger charge is 2.37. The number of aliphatic hydroxyl groups is 1. The molecule has 0 spiro atoms. The van der Waals surface area contributed by atoms with Gasteiger partial charge in [0.1, 0.15) is 0 Å². The minimum absolute atomic E-state index is 0.140. The van der Waals surface area contributed by atoms with Crippen molar-refractivity contribution < 1.29 is 5.11 Å². The van der Waals surface area contributed by atoms with Crippen molar-refractivity contribution in [3.63, 3.8) is 0 Å². The third-order valence-electron chi connectivity index (χ3n) is 3.80. The zero-order valence-electron chi connectivity index (χ0n) is 9.08. The lowest BCUT2D eigenvalue weighted by Gasteiger charge is -2.26. The van der Waals surface area contributed by atoms with Gasteiger partial charge in [-0.2, -0.15) is 0 Å². The van der Waals surface area contributed by atoms with Gasteiger partial charge in [-0.1, -0.05) is 0 Å². The van der Waals surface area contributed by atoms with Gasteiger partial charge in [0.25, 0.3) is 0 Å². The lowest BCUT2D eigenvalue weighted by molar-refractivity contribution is 0.178. The SMILES string of the molecule is CN(CC1CC1)C1CCC(N)(CO)C1. The highest BCUT2D eigenvalue weighted by Crippen LogP contribution is 2.34. The Kier molecular flexibility index (Phi) is 2.82. The van der Waals surface area contributed by atoms with Gasteiger partial charge >= 0.3 is 0 Å². The molecule has 0 aromatic rings. The summed E-state index contributed by atoms with van der Waals surface area (Å²) in [4.78, 5) is 2.45. The lowest BCUT2D eigenvalue weighted by Crippen LogP contribution is -2.43. The van der Waals surface area contributed by atoms with Crippen molar-refractivity contribution in [2.75, 3.05) is 20.2 Å². The smallest absolute Gasteiger partial charge is 0.0611 e. The molecular weight excluding hydrogens is 176 g/mol. The molecule has 0 amide bonds. The maximum Gasteiger partial charge on any atom is 0.0611 e. The van der Waals surface area contributed by atoms with Gasteiger partial charge in [0.05, 0.1) is 6.61 Å². The Bertz CT molecular complexity index is 205. The maximum atomic E-state index is 9.18. The molecule has 0 aromatic carbocycles. The van der Waals surface area contributed by atoms with Crippen molar-refractivity contribution in [1.29, 1.82) is 0 Å². The molecule has 2 aliphatic carbocycles. The molecule has 0 aliphatic heterocycles. The summed E-state index contributed by atoms with van der Waals surface area (Å²) < 4.78 is 0. The molecule has 2 fully saturated rings. The molecule has 2 unspecified atom stereocenters. The number of hydrogen-bond acceptors (Lipinski definition) is 3. The largest absolute Gasteiger partial charge is 0.394 e. The summed E-state index contributed by atoms with van der Waals surface area (Å²) in [5, 5.41) is 9.18. The van der Waals surface area contributed by atoms with E-state index in [0.29, 0.717) is 6.04 Å². The predicted octanol–water partition coefficient (Wildman–Crippen LogP) is 0.571. The van der Waals surface area contributed by atoms with Gasteiger partial charge in [-0.25, -0.2) is 0 Å². The van der Waals surface area contributed by atoms with E-state index in [4.69, 9.17) is 5.73 Å². The van der Waals surface area contributed by atoms with Crippen LogP contribution in [0.15, 0.2) is 0 Å². The Morgan fingerprint density at radius 1 is 1.43 bits per heavy atom. The topological polar surface area (TPSA) is 49.5 Å². The van der Waals surface area contributed by atoms with Crippen LogP contribution in [0.25, 0.3) is 0 Å². The van der Waals surface area contributed by atoms with Crippen LogP contribution in [0.5, 0.6) is 0 Å². The Morgan fingerprint density at radius 3 is 2.64 bits per heavy atom. The number of nitrogens with two attached hydrogens (primary N) is 1. The molecule has 0 aromatic heterocycles. The van der Waals surface area contributed by atoms with Crippen LogP contribution in [0.1, 0.15) is 32.1 Å². The highest BCUT2D eigenvalue weighted by molar-refractivity contribution is 4.97. The molecule has 0 radical (unpaired) electrons. The monoisotopic (exact) mass is 198 g/mol. The first kappa shape index (κ1) is 10.4. The first-order chi connectivity index (χ1) is 6.63. The summed E-state index contributed by atoms with van der Waals surface area (Å²) in [5.41, 5.74) is 5.77. The maximum absolute atomic E-state index is 9.18. The Hall–Kier alpha value is -0.120. The standard InChI is InChI=1S/C11H22N2O/c1-13(7-9-2-3-9)10-4-5-11(12,6-10)8-14/h9-10,14H,2-8,12H2,1H3. The van der Waals surface area contributed by atoms with Gasteiger partial charge in [0.2, 0.25) is 0 Å². The van der Waals surface area contributed by atoms with Gasteiger partial charge in [0, 0.05) is 18.1 Å². The molecule has 14 heavy (non-hydrogen) atoms. The number of rotatable bonds is 4. The summed E-state index contributed by atoms with van der Waals surface area (Å²) in [5.74, 6) is 0.946. The van der Waals surface area contributed by atoms with Crippen molar-refractivity contribution in [3.05, 3.63) is 0 Å². The first-order valence-electron chi connectivity index (χ1n) is 5.73. The second kappa shape index (κ2) is 3.80. The van der Waals surface area contributed by atoms with Crippen molar-refractivity contribution in [3.8, 4) is 0 Å². The van der Waals surface area contributed by atoms with Crippen LogP contribution in [0.4, 0.5) is 0 Å². The summed E-state index contributed by atoms with van der Waals surface area (Å²) >= 11 is 0. The van der Waals surface area contributed by atoms with Crippen molar-refractivity contribution in [2.24, 2.45) is 11.7 Å². The minimum Gasteiger partial charge on any atom is -0.394 e. The highest BCUT2D eigenvalue weighted by atomic mass is 16.3.